The van der Waals surface area contributed by atoms with Gasteiger partial charge in [0.2, 0.25) is 0 Å². The minimum absolute atomic E-state index is 0.469. The Morgan fingerprint density at radius 2 is 2.29 bits per heavy atom. The second-order valence-electron chi connectivity index (χ2n) is 5.16. The molecule has 1 saturated heterocycles. The topological polar surface area (TPSA) is 24.9 Å². The first-order chi connectivity index (χ1) is 8.22. The number of hydrogen-bond donors (Lipinski definition) is 1. The third kappa shape index (κ3) is 2.22. The summed E-state index contributed by atoms with van der Waals surface area (Å²) in [6, 6.07) is 7.01. The molecule has 3 heteroatoms. The lowest BCUT2D eigenvalue weighted by Gasteiger charge is -2.26. The van der Waals surface area contributed by atoms with E-state index in [1.165, 1.54) is 28.1 Å². The van der Waals surface area contributed by atoms with Crippen LogP contribution in [0.5, 0.6) is 0 Å². The molecule has 0 bridgehead atoms. The third-order valence-electron chi connectivity index (χ3n) is 3.52. The van der Waals surface area contributed by atoms with Gasteiger partial charge in [-0.25, -0.2) is 4.98 Å². The molecule has 2 aromatic rings. The first kappa shape index (κ1) is 11.2. The first-order valence-electron chi connectivity index (χ1n) is 6.33. The van der Waals surface area contributed by atoms with E-state index in [-0.39, 0.29) is 0 Å². The fourth-order valence-electron chi connectivity index (χ4n) is 2.50. The van der Waals surface area contributed by atoms with Gasteiger partial charge in [0.25, 0.3) is 0 Å². The maximum Gasteiger partial charge on any atom is 0.111 e. The second kappa shape index (κ2) is 4.39. The molecule has 2 nitrogen and oxygen atoms in total. The van der Waals surface area contributed by atoms with Crippen molar-refractivity contribution in [1.82, 2.24) is 10.3 Å². The Hall–Kier alpha value is -0.930. The minimum Gasteiger partial charge on any atom is -0.308 e. The van der Waals surface area contributed by atoms with Crippen LogP contribution in [0.4, 0.5) is 0 Å². The standard InChI is InChI=1S/C14H18N2S/c1-9-3-4-13-11(7-9)16-14(17-13)12-8-10(2)5-6-15-12/h3-4,7,10,12,15H,5-6,8H2,1-2H3. The quantitative estimate of drug-likeness (QED) is 0.830. The van der Waals surface area contributed by atoms with Gasteiger partial charge < -0.3 is 5.32 Å². The predicted octanol–water partition coefficient (Wildman–Crippen LogP) is 3.67. The summed E-state index contributed by atoms with van der Waals surface area (Å²) in [6.07, 6.45) is 2.51. The molecule has 2 unspecified atom stereocenters. The van der Waals surface area contributed by atoms with Gasteiger partial charge >= 0.3 is 0 Å². The van der Waals surface area contributed by atoms with Crippen molar-refractivity contribution in [3.05, 3.63) is 28.8 Å². The van der Waals surface area contributed by atoms with Crippen LogP contribution < -0.4 is 5.32 Å². The van der Waals surface area contributed by atoms with Gasteiger partial charge in [0.15, 0.2) is 0 Å². The summed E-state index contributed by atoms with van der Waals surface area (Å²) < 4.78 is 1.31. The number of benzene rings is 1. The van der Waals surface area contributed by atoms with Gasteiger partial charge in [0, 0.05) is 0 Å². The molecule has 2 atom stereocenters. The average Bonchev–Trinajstić information content (AvgIpc) is 2.72. The van der Waals surface area contributed by atoms with Crippen LogP contribution >= 0.6 is 11.3 Å². The molecule has 3 rings (SSSR count). The molecule has 2 heterocycles. The molecule has 1 N–H and O–H groups in total. The second-order valence-corrected chi connectivity index (χ2v) is 6.22. The average molecular weight is 246 g/mol. The number of piperidine rings is 1. The van der Waals surface area contributed by atoms with Crippen molar-refractivity contribution in [1.29, 1.82) is 0 Å². The smallest absolute Gasteiger partial charge is 0.111 e. The lowest BCUT2D eigenvalue weighted by atomic mass is 9.95. The molecule has 0 saturated carbocycles. The van der Waals surface area contributed by atoms with Crippen LogP contribution in [0.1, 0.15) is 36.4 Å². The van der Waals surface area contributed by atoms with E-state index in [0.29, 0.717) is 6.04 Å². The molecule has 1 aromatic carbocycles. The molecular weight excluding hydrogens is 228 g/mol. The monoisotopic (exact) mass is 246 g/mol. The van der Waals surface area contributed by atoms with E-state index >= 15 is 0 Å². The van der Waals surface area contributed by atoms with Crippen molar-refractivity contribution in [3.63, 3.8) is 0 Å². The van der Waals surface area contributed by atoms with Crippen LogP contribution in [0.2, 0.25) is 0 Å². The summed E-state index contributed by atoms with van der Waals surface area (Å²) >= 11 is 1.84. The predicted molar refractivity (Wildman–Crippen MR) is 73.5 cm³/mol. The number of rotatable bonds is 1. The molecule has 0 amide bonds. The summed E-state index contributed by atoms with van der Waals surface area (Å²) in [4.78, 5) is 4.79. The zero-order valence-corrected chi connectivity index (χ0v) is 11.2. The molecule has 1 fully saturated rings. The summed E-state index contributed by atoms with van der Waals surface area (Å²) in [6.45, 7) is 5.59. The van der Waals surface area contributed by atoms with Crippen molar-refractivity contribution < 1.29 is 0 Å². The molecular formula is C14H18N2S. The maximum absolute atomic E-state index is 4.79. The van der Waals surface area contributed by atoms with E-state index < -0.39 is 0 Å². The van der Waals surface area contributed by atoms with Gasteiger partial charge in [-0.15, -0.1) is 11.3 Å². The Morgan fingerprint density at radius 1 is 1.41 bits per heavy atom. The van der Waals surface area contributed by atoms with Crippen molar-refractivity contribution in [3.8, 4) is 0 Å². The van der Waals surface area contributed by atoms with E-state index in [9.17, 15) is 0 Å². The van der Waals surface area contributed by atoms with Crippen LogP contribution in [0, 0.1) is 12.8 Å². The highest BCUT2D eigenvalue weighted by molar-refractivity contribution is 7.18. The molecule has 17 heavy (non-hydrogen) atoms. The Balaban J connectivity index is 1.94. The van der Waals surface area contributed by atoms with Crippen LogP contribution in [0.15, 0.2) is 18.2 Å². The van der Waals surface area contributed by atoms with E-state index in [4.69, 9.17) is 4.98 Å². The Bertz CT molecular complexity index is 532. The summed E-state index contributed by atoms with van der Waals surface area (Å²) in [5.74, 6) is 0.815. The van der Waals surface area contributed by atoms with E-state index in [1.807, 2.05) is 11.3 Å². The van der Waals surface area contributed by atoms with Crippen LogP contribution in [0.25, 0.3) is 10.2 Å². The highest BCUT2D eigenvalue weighted by Gasteiger charge is 2.22. The van der Waals surface area contributed by atoms with Gasteiger partial charge in [-0.3, -0.25) is 0 Å². The number of aromatic nitrogens is 1. The minimum atomic E-state index is 0.469. The fourth-order valence-corrected chi connectivity index (χ4v) is 3.54. The molecule has 1 aromatic heterocycles. The highest BCUT2D eigenvalue weighted by Crippen LogP contribution is 2.32. The van der Waals surface area contributed by atoms with E-state index in [0.717, 1.165) is 18.0 Å². The largest absolute Gasteiger partial charge is 0.308 e. The molecule has 0 radical (unpaired) electrons. The zero-order chi connectivity index (χ0) is 11.8. The normalized spacial score (nSPS) is 25.3. The zero-order valence-electron chi connectivity index (χ0n) is 10.4. The lowest BCUT2D eigenvalue weighted by Crippen LogP contribution is -2.30. The van der Waals surface area contributed by atoms with Crippen molar-refractivity contribution >= 4 is 21.6 Å². The van der Waals surface area contributed by atoms with Crippen molar-refractivity contribution in [2.24, 2.45) is 5.92 Å². The maximum atomic E-state index is 4.79. The molecule has 0 spiro atoms. The number of fused-ring (bicyclic) bond motifs is 1. The Labute approximate surface area is 106 Å². The number of nitrogens with zero attached hydrogens (tertiary/aromatic N) is 1. The lowest BCUT2D eigenvalue weighted by molar-refractivity contribution is 0.325. The van der Waals surface area contributed by atoms with Gasteiger partial charge in [-0.1, -0.05) is 13.0 Å². The van der Waals surface area contributed by atoms with Crippen LogP contribution in [-0.2, 0) is 0 Å². The summed E-state index contributed by atoms with van der Waals surface area (Å²) in [7, 11) is 0. The summed E-state index contributed by atoms with van der Waals surface area (Å²) in [5.41, 5.74) is 2.45. The van der Waals surface area contributed by atoms with Crippen LogP contribution in [0.3, 0.4) is 0 Å². The van der Waals surface area contributed by atoms with Gasteiger partial charge in [0.1, 0.15) is 5.01 Å². The van der Waals surface area contributed by atoms with E-state index in [2.05, 4.69) is 37.4 Å². The SMILES string of the molecule is Cc1ccc2sc(C3CC(C)CCN3)nc2c1. The first-order valence-corrected chi connectivity index (χ1v) is 7.14. The summed E-state index contributed by atoms with van der Waals surface area (Å²) in [5, 5.41) is 4.85. The van der Waals surface area contributed by atoms with Crippen molar-refractivity contribution in [2.45, 2.75) is 32.7 Å². The van der Waals surface area contributed by atoms with Gasteiger partial charge in [-0.05, 0) is 49.9 Å². The van der Waals surface area contributed by atoms with Crippen LogP contribution in [-0.4, -0.2) is 11.5 Å². The Morgan fingerprint density at radius 3 is 3.12 bits per heavy atom. The molecule has 1 aliphatic heterocycles. The fraction of sp³-hybridized carbons (Fsp3) is 0.500. The van der Waals surface area contributed by atoms with Crippen molar-refractivity contribution in [2.75, 3.05) is 6.54 Å². The highest BCUT2D eigenvalue weighted by atomic mass is 32.1. The molecule has 0 aliphatic carbocycles. The number of aryl methyl sites for hydroxylation is 1. The molecule has 90 valence electrons. The van der Waals surface area contributed by atoms with E-state index in [1.54, 1.807) is 0 Å². The number of hydrogen-bond acceptors (Lipinski definition) is 3. The third-order valence-corrected chi connectivity index (χ3v) is 4.67. The number of thiazole rings is 1. The van der Waals surface area contributed by atoms with Gasteiger partial charge in [-0.2, -0.15) is 0 Å². The molecule has 1 aliphatic rings. The number of nitrogens with one attached hydrogen (secondary N) is 1. The Kier molecular flexibility index (Phi) is 2.89. The van der Waals surface area contributed by atoms with Gasteiger partial charge in [0.05, 0.1) is 16.3 Å².